The highest BCUT2D eigenvalue weighted by Gasteiger charge is 2.25. The van der Waals surface area contributed by atoms with Crippen LogP contribution >= 0.6 is 46.6 Å². The average Bonchev–Trinajstić information content (AvgIpc) is 3.32. The van der Waals surface area contributed by atoms with E-state index in [0.29, 0.717) is 37.9 Å². The molecule has 0 bridgehead atoms. The molecule has 7 nitrogen and oxygen atoms in total. The van der Waals surface area contributed by atoms with E-state index in [-0.39, 0.29) is 21.6 Å². The lowest BCUT2D eigenvalue weighted by Gasteiger charge is -2.03. The SMILES string of the molecule is Cc1c(Cl)cccc1N=C1NC(=O)/C(=C\c2ccc(-c3cc([N+](=O)[O-])c(Cl)cc3Cl)o2)S1. The summed E-state index contributed by atoms with van der Waals surface area (Å²) in [6.45, 7) is 1.84. The molecule has 0 atom stereocenters. The van der Waals surface area contributed by atoms with Crippen molar-refractivity contribution in [1.82, 2.24) is 5.32 Å². The highest BCUT2D eigenvalue weighted by Crippen LogP contribution is 2.38. The summed E-state index contributed by atoms with van der Waals surface area (Å²) in [5.74, 6) is 0.339. The van der Waals surface area contributed by atoms with Crippen molar-refractivity contribution >= 4 is 75.1 Å². The Kier molecular flexibility index (Phi) is 6.30. The molecular formula is C21H12Cl3N3O4S. The predicted molar refractivity (Wildman–Crippen MR) is 128 cm³/mol. The van der Waals surface area contributed by atoms with Gasteiger partial charge in [-0.3, -0.25) is 14.9 Å². The van der Waals surface area contributed by atoms with Crippen LogP contribution in [-0.4, -0.2) is 16.0 Å². The van der Waals surface area contributed by atoms with E-state index < -0.39 is 4.92 Å². The number of aliphatic imine (C=N–C) groups is 1. The van der Waals surface area contributed by atoms with Gasteiger partial charge in [0, 0.05) is 22.7 Å². The number of nitro groups is 1. The van der Waals surface area contributed by atoms with E-state index in [4.69, 9.17) is 39.2 Å². The molecule has 1 amide bonds. The summed E-state index contributed by atoms with van der Waals surface area (Å²) in [7, 11) is 0. The van der Waals surface area contributed by atoms with Gasteiger partial charge in [-0.05, 0) is 54.6 Å². The molecule has 32 heavy (non-hydrogen) atoms. The Bertz CT molecular complexity index is 1330. The topological polar surface area (TPSA) is 97.7 Å². The summed E-state index contributed by atoms with van der Waals surface area (Å²) in [6, 6.07) is 11.1. The van der Waals surface area contributed by atoms with Crippen LogP contribution in [0.3, 0.4) is 0 Å². The van der Waals surface area contributed by atoms with E-state index in [1.54, 1.807) is 36.4 Å². The summed E-state index contributed by atoms with van der Waals surface area (Å²) in [4.78, 5) is 27.8. The molecule has 2 heterocycles. The number of rotatable bonds is 4. The minimum absolute atomic E-state index is 0.0709. The molecule has 1 N–H and O–H groups in total. The first-order chi connectivity index (χ1) is 15.2. The van der Waals surface area contributed by atoms with Crippen LogP contribution in [0.15, 0.2) is 56.8 Å². The summed E-state index contributed by atoms with van der Waals surface area (Å²) >= 11 is 19.3. The molecule has 4 rings (SSSR count). The molecule has 0 unspecified atom stereocenters. The minimum Gasteiger partial charge on any atom is -0.457 e. The number of hydrogen-bond acceptors (Lipinski definition) is 6. The maximum absolute atomic E-state index is 12.4. The first-order valence-corrected chi connectivity index (χ1v) is 11.0. The van der Waals surface area contributed by atoms with Crippen LogP contribution in [0, 0.1) is 17.0 Å². The number of nitro benzene ring substituents is 1. The largest absolute Gasteiger partial charge is 0.457 e. The number of hydrogen-bond donors (Lipinski definition) is 1. The van der Waals surface area contributed by atoms with E-state index in [1.807, 2.05) is 6.92 Å². The van der Waals surface area contributed by atoms with Gasteiger partial charge in [0.05, 0.1) is 20.5 Å². The predicted octanol–water partition coefficient (Wildman–Crippen LogP) is 7.02. The lowest BCUT2D eigenvalue weighted by atomic mass is 10.1. The van der Waals surface area contributed by atoms with Crippen LogP contribution in [0.1, 0.15) is 11.3 Å². The van der Waals surface area contributed by atoms with Gasteiger partial charge in [0.1, 0.15) is 16.5 Å². The molecule has 1 aliphatic heterocycles. The van der Waals surface area contributed by atoms with Gasteiger partial charge in [-0.15, -0.1) is 0 Å². The zero-order valence-electron chi connectivity index (χ0n) is 16.2. The third kappa shape index (κ3) is 4.54. The summed E-state index contributed by atoms with van der Waals surface area (Å²) in [5, 5.41) is 15.0. The highest BCUT2D eigenvalue weighted by molar-refractivity contribution is 8.18. The number of thioether (sulfide) groups is 1. The molecule has 1 aromatic heterocycles. The Morgan fingerprint density at radius 1 is 1.12 bits per heavy atom. The standard InChI is InChI=1S/C21H12Cl3N3O4S/c1-10-13(22)3-2-4-16(10)25-21-26-20(28)19(32-21)7-11-5-6-18(31-11)12-8-17(27(29)30)15(24)9-14(12)23/h2-9H,1H3,(H,25,26,28)/b19-7+. The zero-order valence-corrected chi connectivity index (χ0v) is 19.3. The van der Waals surface area contributed by atoms with Gasteiger partial charge in [0.15, 0.2) is 5.17 Å². The maximum atomic E-state index is 12.4. The first-order valence-electron chi connectivity index (χ1n) is 9.01. The van der Waals surface area contributed by atoms with Crippen LogP contribution in [0.25, 0.3) is 17.4 Å². The molecular weight excluding hydrogens is 497 g/mol. The molecule has 1 fully saturated rings. The number of carbonyl (C=O) groups is 1. The van der Waals surface area contributed by atoms with Crippen molar-refractivity contribution in [2.75, 3.05) is 0 Å². The summed E-state index contributed by atoms with van der Waals surface area (Å²) in [5.41, 5.74) is 1.49. The molecule has 162 valence electrons. The number of nitrogens with zero attached hydrogens (tertiary/aromatic N) is 2. The fourth-order valence-electron chi connectivity index (χ4n) is 2.88. The molecule has 0 radical (unpaired) electrons. The fourth-order valence-corrected chi connectivity index (χ4v) is 4.41. The van der Waals surface area contributed by atoms with Crippen LogP contribution in [0.5, 0.6) is 0 Å². The van der Waals surface area contributed by atoms with E-state index in [1.165, 1.54) is 12.1 Å². The highest BCUT2D eigenvalue weighted by atomic mass is 35.5. The number of furan rings is 1. The van der Waals surface area contributed by atoms with Gasteiger partial charge in [0.2, 0.25) is 0 Å². The maximum Gasteiger partial charge on any atom is 0.288 e. The van der Waals surface area contributed by atoms with Gasteiger partial charge in [0.25, 0.3) is 11.6 Å². The molecule has 0 aliphatic carbocycles. The third-order valence-electron chi connectivity index (χ3n) is 4.51. The van der Waals surface area contributed by atoms with Crippen molar-refractivity contribution in [2.45, 2.75) is 6.92 Å². The van der Waals surface area contributed by atoms with Crippen LogP contribution in [0.4, 0.5) is 11.4 Å². The lowest BCUT2D eigenvalue weighted by molar-refractivity contribution is -0.384. The molecule has 1 saturated heterocycles. The van der Waals surface area contributed by atoms with E-state index in [9.17, 15) is 14.9 Å². The third-order valence-corrected chi connectivity index (χ3v) is 6.45. The summed E-state index contributed by atoms with van der Waals surface area (Å²) < 4.78 is 5.75. The van der Waals surface area contributed by atoms with Gasteiger partial charge < -0.3 is 9.73 Å². The van der Waals surface area contributed by atoms with Gasteiger partial charge >= 0.3 is 0 Å². The Morgan fingerprint density at radius 3 is 2.66 bits per heavy atom. The minimum atomic E-state index is -0.601. The van der Waals surface area contributed by atoms with Gasteiger partial charge in [-0.2, -0.15) is 0 Å². The number of benzene rings is 2. The number of amides is 1. The Labute approximate surface area is 201 Å². The van der Waals surface area contributed by atoms with Crippen LogP contribution in [0.2, 0.25) is 15.1 Å². The first kappa shape index (κ1) is 22.4. The van der Waals surface area contributed by atoms with E-state index in [0.717, 1.165) is 17.3 Å². The quantitative estimate of drug-likeness (QED) is 0.232. The second-order valence-electron chi connectivity index (χ2n) is 6.61. The fraction of sp³-hybridized carbons (Fsp3) is 0.0476. The normalized spacial score (nSPS) is 16.1. The lowest BCUT2D eigenvalue weighted by Crippen LogP contribution is -2.19. The van der Waals surface area contributed by atoms with Crippen molar-refractivity contribution in [3.05, 3.63) is 83.9 Å². The second-order valence-corrected chi connectivity index (χ2v) is 8.86. The van der Waals surface area contributed by atoms with Gasteiger partial charge in [-0.25, -0.2) is 4.99 Å². The number of amidine groups is 1. The Balaban J connectivity index is 1.61. The monoisotopic (exact) mass is 507 g/mol. The molecule has 2 aromatic carbocycles. The molecule has 3 aromatic rings. The van der Waals surface area contributed by atoms with Crippen LogP contribution in [-0.2, 0) is 4.79 Å². The van der Waals surface area contributed by atoms with Crippen LogP contribution < -0.4 is 5.32 Å². The van der Waals surface area contributed by atoms with Crippen molar-refractivity contribution < 1.29 is 14.1 Å². The second kappa shape index (κ2) is 8.99. The Hall–Kier alpha value is -2.78. The number of carbonyl (C=O) groups excluding carboxylic acids is 1. The summed E-state index contributed by atoms with van der Waals surface area (Å²) in [6.07, 6.45) is 1.55. The average molecular weight is 509 g/mol. The van der Waals surface area contributed by atoms with Crippen molar-refractivity contribution in [3.63, 3.8) is 0 Å². The van der Waals surface area contributed by atoms with Crippen molar-refractivity contribution in [1.29, 1.82) is 0 Å². The molecule has 11 heteroatoms. The molecule has 0 saturated carbocycles. The number of nitrogens with one attached hydrogen (secondary N) is 1. The van der Waals surface area contributed by atoms with Crippen molar-refractivity contribution in [2.24, 2.45) is 4.99 Å². The van der Waals surface area contributed by atoms with E-state index >= 15 is 0 Å². The van der Waals surface area contributed by atoms with Crippen molar-refractivity contribution in [3.8, 4) is 11.3 Å². The Morgan fingerprint density at radius 2 is 1.91 bits per heavy atom. The van der Waals surface area contributed by atoms with E-state index in [2.05, 4.69) is 10.3 Å². The molecule has 1 aliphatic rings. The molecule has 0 spiro atoms. The van der Waals surface area contributed by atoms with Gasteiger partial charge in [-0.1, -0.05) is 40.9 Å². The number of halogens is 3. The smallest absolute Gasteiger partial charge is 0.288 e. The zero-order chi connectivity index (χ0) is 23.0.